The van der Waals surface area contributed by atoms with E-state index < -0.39 is 26.1 Å². The Balaban J connectivity index is 1.89. The van der Waals surface area contributed by atoms with Crippen LogP contribution in [0, 0.1) is 5.92 Å². The predicted octanol–water partition coefficient (Wildman–Crippen LogP) is 0.940. The molecule has 5 atom stereocenters. The smallest absolute Gasteiger partial charge is 0.443 e. The number of ether oxygens (including phenoxy) is 3. The van der Waals surface area contributed by atoms with E-state index in [0.717, 1.165) is 12.0 Å². The van der Waals surface area contributed by atoms with Crippen LogP contribution in [-0.4, -0.2) is 106 Å². The molecule has 1 spiro atoms. The lowest BCUT2D eigenvalue weighted by molar-refractivity contribution is -0.130. The van der Waals surface area contributed by atoms with E-state index in [1.54, 1.807) is 21.2 Å². The number of likely N-dealkylation sites (N-methyl/N-ethyl adjacent to an activating group) is 2. The van der Waals surface area contributed by atoms with Crippen molar-refractivity contribution in [2.75, 3.05) is 47.4 Å². The number of nitrogens with one attached hydrogen (secondary N) is 1. The first-order chi connectivity index (χ1) is 16.1. The second-order valence-corrected chi connectivity index (χ2v) is 9.34. The van der Waals surface area contributed by atoms with Crippen LogP contribution >= 0.6 is 0 Å². The number of hydrogen-bond acceptors (Lipinski definition) is 8. The molecule has 0 bridgehead atoms. The highest BCUT2D eigenvalue weighted by molar-refractivity contribution is 6.16. The van der Waals surface area contributed by atoms with E-state index >= 15 is 0 Å². The van der Waals surface area contributed by atoms with E-state index in [9.17, 15) is 19.0 Å². The van der Waals surface area contributed by atoms with Crippen LogP contribution in [0.1, 0.15) is 39.5 Å². The molecule has 2 amide bonds. The van der Waals surface area contributed by atoms with Crippen LogP contribution in [-0.2, 0) is 23.8 Å². The van der Waals surface area contributed by atoms with Gasteiger partial charge in [-0.2, -0.15) is 0 Å². The van der Waals surface area contributed by atoms with Gasteiger partial charge in [0.25, 0.3) is 0 Å². The lowest BCUT2D eigenvalue weighted by Crippen LogP contribution is -2.52. The minimum absolute atomic E-state index is 0.0855. The van der Waals surface area contributed by atoms with Crippen LogP contribution in [0.2, 0.25) is 0 Å². The second-order valence-electron chi connectivity index (χ2n) is 9.34. The molecular weight excluding hydrogens is 448 g/mol. The van der Waals surface area contributed by atoms with Crippen LogP contribution in [0.5, 0.6) is 0 Å². The summed E-state index contributed by atoms with van der Waals surface area (Å²) in [6, 6.07) is 0. The first kappa shape index (κ1) is 28.5. The molecule has 0 aromatic carbocycles. The molecule has 34 heavy (non-hydrogen) atoms. The van der Waals surface area contributed by atoms with Crippen molar-refractivity contribution in [2.24, 2.45) is 5.92 Å². The number of allylic oxidation sites excluding steroid dienone is 1. The van der Waals surface area contributed by atoms with Crippen molar-refractivity contribution in [3.8, 4) is 0 Å². The Bertz CT molecular complexity index is 706. The van der Waals surface area contributed by atoms with Gasteiger partial charge in [-0.3, -0.25) is 9.11 Å². The Kier molecular flexibility index (Phi) is 11.2. The van der Waals surface area contributed by atoms with E-state index in [4.69, 9.17) is 14.2 Å². The monoisotopic (exact) mass is 487 g/mol. The number of aliphatic hydroxyl groups is 1. The lowest BCUT2D eigenvalue weighted by Gasteiger charge is -2.41. The third kappa shape index (κ3) is 8.19. The molecule has 194 valence electrons. The molecule has 1 aliphatic carbocycles. The highest BCUT2D eigenvalue weighted by Gasteiger charge is 2.59. The summed E-state index contributed by atoms with van der Waals surface area (Å²) in [7, 11) is 3.74. The van der Waals surface area contributed by atoms with Gasteiger partial charge in [-0.1, -0.05) is 11.6 Å². The first-order valence-corrected chi connectivity index (χ1v) is 11.7. The number of hydrogen-bond donors (Lipinski definition) is 2. The number of epoxide rings is 1. The van der Waals surface area contributed by atoms with Gasteiger partial charge in [0.05, 0.1) is 31.0 Å². The number of nitrogens with zero attached hydrogens (tertiary/aromatic N) is 2. The van der Waals surface area contributed by atoms with Crippen molar-refractivity contribution in [3.63, 3.8) is 0 Å². The number of methoxy groups -OCH3 is 1. The lowest BCUT2D eigenvalue weighted by atomic mass is 9.72. The summed E-state index contributed by atoms with van der Waals surface area (Å²) in [4.78, 5) is 27.5. The molecule has 2 aliphatic rings. The quantitative estimate of drug-likeness (QED) is 0.130. The van der Waals surface area contributed by atoms with Gasteiger partial charge in [0.2, 0.25) is 5.91 Å². The zero-order chi connectivity index (χ0) is 25.3. The maximum Gasteiger partial charge on any atom is 0.498 e. The largest absolute Gasteiger partial charge is 0.498 e. The van der Waals surface area contributed by atoms with E-state index in [2.05, 4.69) is 10.2 Å². The normalized spacial score (nSPS) is 26.5. The number of halogens is 1. The van der Waals surface area contributed by atoms with Crippen molar-refractivity contribution >= 4 is 19.8 Å². The summed E-state index contributed by atoms with van der Waals surface area (Å²) in [5, 5.41) is 10.6. The number of carbonyl (C=O) groups is 2. The third-order valence-corrected chi connectivity index (χ3v) is 6.54. The topological polar surface area (TPSA) is 113 Å². The average Bonchev–Trinajstić information content (AvgIpc) is 3.58. The SMILES string of the molecule is COC1C(OC(=O)N(C)CCN(C)C(=O)CNOBF)CC[C@]2(CO2)C1C[C@H](O)CC=C(C)C. The summed E-state index contributed by atoms with van der Waals surface area (Å²) in [5.41, 5.74) is 3.05. The highest BCUT2D eigenvalue weighted by atomic mass is 19.1. The van der Waals surface area contributed by atoms with E-state index in [1.165, 1.54) is 9.80 Å². The van der Waals surface area contributed by atoms with Crippen molar-refractivity contribution < 1.29 is 38.0 Å². The summed E-state index contributed by atoms with van der Waals surface area (Å²) in [6.07, 6.45) is 2.51. The number of aliphatic hydroxyl groups excluding tert-OH is 1. The second kappa shape index (κ2) is 13.4. The Labute approximate surface area is 202 Å². The van der Waals surface area contributed by atoms with Gasteiger partial charge in [0.1, 0.15) is 6.10 Å². The Morgan fingerprint density at radius 3 is 2.59 bits per heavy atom. The maximum atomic E-state index is 12.7. The number of carbonyl (C=O) groups excluding carboxylic acids is 2. The molecule has 3 unspecified atom stereocenters. The molecule has 0 aromatic rings. The minimum Gasteiger partial charge on any atom is -0.443 e. The van der Waals surface area contributed by atoms with Crippen molar-refractivity contribution in [1.29, 1.82) is 0 Å². The molecule has 1 aliphatic heterocycles. The fourth-order valence-electron chi connectivity index (χ4n) is 4.32. The van der Waals surface area contributed by atoms with Crippen LogP contribution in [0.15, 0.2) is 11.6 Å². The maximum absolute atomic E-state index is 12.7. The molecule has 2 N–H and O–H groups in total. The molecule has 1 saturated carbocycles. The third-order valence-electron chi connectivity index (χ3n) is 6.54. The molecule has 10 nitrogen and oxygen atoms in total. The average molecular weight is 487 g/mol. The van der Waals surface area contributed by atoms with E-state index in [1.807, 2.05) is 19.9 Å². The molecule has 12 heteroatoms. The molecule has 0 radical (unpaired) electrons. The zero-order valence-electron chi connectivity index (χ0n) is 20.9. The van der Waals surface area contributed by atoms with Gasteiger partial charge >= 0.3 is 13.9 Å². The van der Waals surface area contributed by atoms with E-state index in [0.29, 0.717) is 25.9 Å². The minimum atomic E-state index is -1.03. The number of amides is 2. The molecule has 2 rings (SSSR count). The fraction of sp³-hybridized carbons (Fsp3) is 0.818. The summed E-state index contributed by atoms with van der Waals surface area (Å²) >= 11 is 0. The van der Waals surface area contributed by atoms with Crippen molar-refractivity contribution in [2.45, 2.75) is 63.4 Å². The Morgan fingerprint density at radius 2 is 2.00 bits per heavy atom. The molecule has 1 heterocycles. The molecule has 2 fully saturated rings. The standard InChI is InChI=1S/C22H39BFN3O7/c1-15(2)6-7-16(28)12-17-20(31-5)18(8-9-22(17)14-32-22)33-21(30)27(4)11-10-26(3)19(29)13-25-34-23-24/h6,16-18,20,23,25,28H,7-14H2,1-5H3/t16-,17?,18?,20?,22+/m1/s1. The fourth-order valence-corrected chi connectivity index (χ4v) is 4.32. The number of rotatable bonds is 13. The zero-order valence-corrected chi connectivity index (χ0v) is 20.9. The van der Waals surface area contributed by atoms with Crippen molar-refractivity contribution in [1.82, 2.24) is 15.3 Å². The Hall–Kier alpha value is -1.73. The van der Waals surface area contributed by atoms with Crippen LogP contribution in [0.3, 0.4) is 0 Å². The highest BCUT2D eigenvalue weighted by Crippen LogP contribution is 2.49. The van der Waals surface area contributed by atoms with E-state index in [-0.39, 0.29) is 43.2 Å². The van der Waals surface area contributed by atoms with Crippen LogP contribution in [0.25, 0.3) is 0 Å². The van der Waals surface area contributed by atoms with Crippen LogP contribution < -0.4 is 5.48 Å². The van der Waals surface area contributed by atoms with Gasteiger partial charge in [-0.25, -0.2) is 10.3 Å². The van der Waals surface area contributed by atoms with Gasteiger partial charge in [0.15, 0.2) is 0 Å². The van der Waals surface area contributed by atoms with Gasteiger partial charge < -0.3 is 33.9 Å². The molecule has 1 saturated heterocycles. The predicted molar refractivity (Wildman–Crippen MR) is 125 cm³/mol. The van der Waals surface area contributed by atoms with Crippen LogP contribution in [0.4, 0.5) is 9.11 Å². The summed E-state index contributed by atoms with van der Waals surface area (Å²) in [6.45, 7) is 4.97. The molecular formula is C22H39BFN3O7. The van der Waals surface area contributed by atoms with Gasteiger partial charge in [-0.05, 0) is 39.5 Å². The van der Waals surface area contributed by atoms with Gasteiger partial charge in [-0.15, -0.1) is 0 Å². The first-order valence-electron chi connectivity index (χ1n) is 11.7. The van der Waals surface area contributed by atoms with Gasteiger partial charge in [0, 0.05) is 40.2 Å². The van der Waals surface area contributed by atoms with Crippen molar-refractivity contribution in [3.05, 3.63) is 11.6 Å². The summed E-state index contributed by atoms with van der Waals surface area (Å²) < 4.78 is 33.6. The molecule has 0 aromatic heterocycles. The number of hydroxylamine groups is 1. The summed E-state index contributed by atoms with van der Waals surface area (Å²) in [5.74, 6) is -0.385. The Morgan fingerprint density at radius 1 is 1.32 bits per heavy atom.